The van der Waals surface area contributed by atoms with Crippen molar-refractivity contribution < 1.29 is 28.2 Å². The standard InChI is InChI=1S/C17H13F2N5O4/c18-16(19)28-11-3-1-10(2-4-11)12-5-7-20-17(21-12)22-15(27)13-6-8-24(23-13)9-14(25)26/h1-8,16H,9H2,(H,25,26)(H,20,21,22,27). The molecule has 2 N–H and O–H groups in total. The molecule has 1 aromatic carbocycles. The van der Waals surface area contributed by atoms with Gasteiger partial charge in [0.1, 0.15) is 12.3 Å². The number of nitrogens with zero attached hydrogens (tertiary/aromatic N) is 4. The summed E-state index contributed by atoms with van der Waals surface area (Å²) in [6, 6.07) is 8.77. The summed E-state index contributed by atoms with van der Waals surface area (Å²) in [7, 11) is 0. The number of carbonyl (C=O) groups is 2. The zero-order valence-corrected chi connectivity index (χ0v) is 14.1. The average molecular weight is 389 g/mol. The maximum atomic E-state index is 12.2. The molecule has 0 aliphatic carbocycles. The van der Waals surface area contributed by atoms with Crippen LogP contribution in [0.3, 0.4) is 0 Å². The SMILES string of the molecule is O=C(O)Cn1ccc(C(=O)Nc2nccc(-c3ccc(OC(F)F)cc3)n2)n1. The van der Waals surface area contributed by atoms with Crippen molar-refractivity contribution in [1.29, 1.82) is 0 Å². The van der Waals surface area contributed by atoms with Gasteiger partial charge in [-0.2, -0.15) is 13.9 Å². The zero-order valence-electron chi connectivity index (χ0n) is 14.1. The van der Waals surface area contributed by atoms with E-state index in [0.29, 0.717) is 11.3 Å². The highest BCUT2D eigenvalue weighted by molar-refractivity contribution is 6.01. The van der Waals surface area contributed by atoms with E-state index in [-0.39, 0.29) is 23.9 Å². The molecule has 0 unspecified atom stereocenters. The lowest BCUT2D eigenvalue weighted by Gasteiger charge is -2.07. The van der Waals surface area contributed by atoms with Crippen LogP contribution in [-0.2, 0) is 11.3 Å². The van der Waals surface area contributed by atoms with Gasteiger partial charge in [-0.1, -0.05) is 0 Å². The summed E-state index contributed by atoms with van der Waals surface area (Å²) in [5.41, 5.74) is 1.05. The Labute approximate surface area is 156 Å². The monoisotopic (exact) mass is 389 g/mol. The largest absolute Gasteiger partial charge is 0.480 e. The van der Waals surface area contributed by atoms with E-state index in [0.717, 1.165) is 4.68 Å². The second-order valence-corrected chi connectivity index (χ2v) is 5.41. The van der Waals surface area contributed by atoms with Crippen LogP contribution in [0.4, 0.5) is 14.7 Å². The predicted molar refractivity (Wildman–Crippen MR) is 91.9 cm³/mol. The molecule has 1 amide bonds. The molecule has 0 aliphatic heterocycles. The maximum absolute atomic E-state index is 12.2. The summed E-state index contributed by atoms with van der Waals surface area (Å²) in [6.07, 6.45) is 2.79. The minimum atomic E-state index is -2.91. The second kappa shape index (κ2) is 8.20. The highest BCUT2D eigenvalue weighted by atomic mass is 19.3. The van der Waals surface area contributed by atoms with Crippen molar-refractivity contribution in [2.24, 2.45) is 0 Å². The first-order chi connectivity index (χ1) is 13.4. The van der Waals surface area contributed by atoms with E-state index in [1.807, 2.05) is 0 Å². The number of rotatable bonds is 7. The molecule has 0 bridgehead atoms. The highest BCUT2D eigenvalue weighted by Crippen LogP contribution is 2.22. The van der Waals surface area contributed by atoms with Gasteiger partial charge in [0.05, 0.1) is 5.69 Å². The van der Waals surface area contributed by atoms with Crippen LogP contribution >= 0.6 is 0 Å². The maximum Gasteiger partial charge on any atom is 0.387 e. The molecular weight excluding hydrogens is 376 g/mol. The molecule has 3 rings (SSSR count). The van der Waals surface area contributed by atoms with Crippen molar-refractivity contribution in [2.45, 2.75) is 13.2 Å². The lowest BCUT2D eigenvalue weighted by atomic mass is 10.1. The van der Waals surface area contributed by atoms with Crippen molar-refractivity contribution >= 4 is 17.8 Å². The zero-order chi connectivity index (χ0) is 20.1. The lowest BCUT2D eigenvalue weighted by molar-refractivity contribution is -0.137. The van der Waals surface area contributed by atoms with Crippen LogP contribution in [0.25, 0.3) is 11.3 Å². The van der Waals surface area contributed by atoms with Gasteiger partial charge >= 0.3 is 12.6 Å². The van der Waals surface area contributed by atoms with Crippen LogP contribution < -0.4 is 10.1 Å². The fourth-order valence-corrected chi connectivity index (χ4v) is 2.26. The van der Waals surface area contributed by atoms with Crippen LogP contribution in [0.5, 0.6) is 5.75 Å². The number of halogens is 2. The van der Waals surface area contributed by atoms with Crippen LogP contribution in [-0.4, -0.2) is 43.3 Å². The van der Waals surface area contributed by atoms with E-state index in [1.54, 1.807) is 18.2 Å². The van der Waals surface area contributed by atoms with Crippen molar-refractivity contribution in [2.75, 3.05) is 5.32 Å². The first-order valence-corrected chi connectivity index (χ1v) is 7.85. The number of ether oxygens (including phenoxy) is 1. The van der Waals surface area contributed by atoms with Crippen LogP contribution in [0.1, 0.15) is 10.5 Å². The number of carboxylic acid groups (broad SMARTS) is 1. The Hall–Kier alpha value is -3.89. The molecule has 0 saturated carbocycles. The van der Waals surface area contributed by atoms with Gasteiger partial charge in [0, 0.05) is 18.0 Å². The molecule has 0 spiro atoms. The number of anilines is 1. The number of aromatic nitrogens is 4. The quantitative estimate of drug-likeness (QED) is 0.636. The lowest BCUT2D eigenvalue weighted by Crippen LogP contribution is -2.16. The van der Waals surface area contributed by atoms with Crippen molar-refractivity contribution in [1.82, 2.24) is 19.7 Å². The number of amides is 1. The van der Waals surface area contributed by atoms with E-state index < -0.39 is 18.5 Å². The van der Waals surface area contributed by atoms with Gasteiger partial charge < -0.3 is 9.84 Å². The summed E-state index contributed by atoms with van der Waals surface area (Å²) >= 11 is 0. The van der Waals surface area contributed by atoms with Crippen LogP contribution in [0.2, 0.25) is 0 Å². The fraction of sp³-hybridized carbons (Fsp3) is 0.118. The summed E-state index contributed by atoms with van der Waals surface area (Å²) in [5, 5.41) is 15.0. The van der Waals surface area contributed by atoms with E-state index in [2.05, 4.69) is 25.1 Å². The number of nitrogens with one attached hydrogen (secondary N) is 1. The summed E-state index contributed by atoms with van der Waals surface area (Å²) in [4.78, 5) is 31.0. The van der Waals surface area contributed by atoms with Crippen LogP contribution in [0, 0.1) is 0 Å². The topological polar surface area (TPSA) is 119 Å². The molecule has 144 valence electrons. The van der Waals surface area contributed by atoms with Gasteiger partial charge in [-0.25, -0.2) is 9.97 Å². The Kier molecular flexibility index (Phi) is 5.53. The van der Waals surface area contributed by atoms with E-state index >= 15 is 0 Å². The van der Waals surface area contributed by atoms with E-state index in [4.69, 9.17) is 5.11 Å². The summed E-state index contributed by atoms with van der Waals surface area (Å²) in [6.45, 7) is -3.28. The van der Waals surface area contributed by atoms with E-state index in [1.165, 1.54) is 30.6 Å². The van der Waals surface area contributed by atoms with Crippen molar-refractivity contribution in [3.63, 3.8) is 0 Å². The fourth-order valence-electron chi connectivity index (χ4n) is 2.26. The number of hydrogen-bond donors (Lipinski definition) is 2. The molecule has 2 aromatic heterocycles. The Balaban J connectivity index is 1.71. The third kappa shape index (κ3) is 4.84. The number of alkyl halides is 2. The molecule has 0 atom stereocenters. The van der Waals surface area contributed by atoms with Gasteiger partial charge in [-0.3, -0.25) is 19.6 Å². The Bertz CT molecular complexity index is 991. The molecule has 0 saturated heterocycles. The number of carboxylic acids is 1. The molecule has 0 fully saturated rings. The molecule has 0 aliphatic rings. The smallest absolute Gasteiger partial charge is 0.387 e. The van der Waals surface area contributed by atoms with Gasteiger partial charge in [-0.15, -0.1) is 0 Å². The van der Waals surface area contributed by atoms with Gasteiger partial charge in [0.25, 0.3) is 5.91 Å². The summed E-state index contributed by atoms with van der Waals surface area (Å²) in [5.74, 6) is -1.68. The Morgan fingerprint density at radius 2 is 1.93 bits per heavy atom. The molecule has 28 heavy (non-hydrogen) atoms. The normalized spacial score (nSPS) is 10.7. The minimum Gasteiger partial charge on any atom is -0.480 e. The third-order valence-corrected chi connectivity index (χ3v) is 3.43. The molecule has 0 radical (unpaired) electrons. The predicted octanol–water partition coefficient (Wildman–Crippen LogP) is 2.28. The van der Waals surface area contributed by atoms with Crippen molar-refractivity contribution in [3.05, 3.63) is 54.5 Å². The first kappa shape index (κ1) is 18.9. The van der Waals surface area contributed by atoms with Gasteiger partial charge in [-0.05, 0) is 36.4 Å². The van der Waals surface area contributed by atoms with Gasteiger partial charge in [0.15, 0.2) is 5.69 Å². The number of aliphatic carboxylic acids is 1. The van der Waals surface area contributed by atoms with Gasteiger partial charge in [0.2, 0.25) is 5.95 Å². The molecule has 11 heteroatoms. The van der Waals surface area contributed by atoms with E-state index in [9.17, 15) is 18.4 Å². The minimum absolute atomic E-state index is 0.00296. The average Bonchev–Trinajstić information content (AvgIpc) is 3.10. The second-order valence-electron chi connectivity index (χ2n) is 5.41. The Morgan fingerprint density at radius 3 is 2.61 bits per heavy atom. The third-order valence-electron chi connectivity index (χ3n) is 3.43. The number of carbonyl (C=O) groups excluding carboxylic acids is 1. The number of hydrogen-bond acceptors (Lipinski definition) is 6. The molecular formula is C17H13F2N5O4. The first-order valence-electron chi connectivity index (χ1n) is 7.85. The molecule has 3 aromatic rings. The number of benzene rings is 1. The molecule has 9 nitrogen and oxygen atoms in total. The molecule has 2 heterocycles. The summed E-state index contributed by atoms with van der Waals surface area (Å²) < 4.78 is 29.8. The van der Waals surface area contributed by atoms with Crippen LogP contribution in [0.15, 0.2) is 48.8 Å². The highest BCUT2D eigenvalue weighted by Gasteiger charge is 2.13. The Morgan fingerprint density at radius 1 is 1.18 bits per heavy atom. The van der Waals surface area contributed by atoms with Crippen molar-refractivity contribution in [3.8, 4) is 17.0 Å².